The lowest BCUT2D eigenvalue weighted by molar-refractivity contribution is 0.144. The van der Waals surface area contributed by atoms with E-state index in [9.17, 15) is 18.3 Å². The van der Waals surface area contributed by atoms with Gasteiger partial charge in [-0.2, -0.15) is 0 Å². The first-order chi connectivity index (χ1) is 39.8. The summed E-state index contributed by atoms with van der Waals surface area (Å²) in [5.74, 6) is 2.63. The molecule has 0 atom stereocenters. The molecule has 0 fully saturated rings. The third-order valence-electron chi connectivity index (χ3n) is 12.3. The average Bonchev–Trinajstić information content (AvgIpc) is 3.65. The summed E-state index contributed by atoms with van der Waals surface area (Å²) < 4.78 is 124. The number of hydrogen-bond donors (Lipinski definition) is 0. The van der Waals surface area contributed by atoms with E-state index >= 15 is 0 Å². The van der Waals surface area contributed by atoms with Crippen molar-refractivity contribution in [2.24, 2.45) is 0 Å². The van der Waals surface area contributed by atoms with Crippen LogP contribution in [0.5, 0.6) is 46.0 Å². The SMILES string of the molecule is Cc1ccc(OP(=O)(OCCOP(=O)(Oc2ccc(C)cc2)Oc2ccc(C)cc2)Oc2ccc(C)cc2)cc1.Cc1ccc(OP(=O)(OCCOP(=O)(Oc2ccc(C)cc2C)Oc2ccc(C)cc2C)Oc2ccc(C)cc2C)c(C)c1. The minimum absolute atomic E-state index is 0.298. The van der Waals surface area contributed by atoms with Gasteiger partial charge >= 0.3 is 31.3 Å². The summed E-state index contributed by atoms with van der Waals surface area (Å²) in [4.78, 5) is 0. The molecule has 84 heavy (non-hydrogen) atoms. The van der Waals surface area contributed by atoms with Crippen molar-refractivity contribution in [2.75, 3.05) is 26.4 Å². The van der Waals surface area contributed by atoms with Crippen molar-refractivity contribution in [2.45, 2.75) is 83.1 Å². The van der Waals surface area contributed by atoms with Gasteiger partial charge in [0.2, 0.25) is 0 Å². The van der Waals surface area contributed by atoms with E-state index in [1.165, 1.54) is 0 Å². The average molecular weight is 1220 g/mol. The minimum atomic E-state index is -4.24. The highest BCUT2D eigenvalue weighted by Gasteiger charge is 2.37. The number of hydrogen-bond acceptors (Lipinski definition) is 16. The molecule has 444 valence electrons. The van der Waals surface area contributed by atoms with E-state index in [4.69, 9.17) is 54.3 Å². The van der Waals surface area contributed by atoms with Crippen LogP contribution in [0.3, 0.4) is 0 Å². The Bertz CT molecular complexity index is 3220. The fourth-order valence-electron chi connectivity index (χ4n) is 7.88. The van der Waals surface area contributed by atoms with Crippen molar-refractivity contribution < 1.29 is 72.5 Å². The van der Waals surface area contributed by atoms with Crippen LogP contribution in [0.15, 0.2) is 170 Å². The lowest BCUT2D eigenvalue weighted by Gasteiger charge is -2.23. The van der Waals surface area contributed by atoms with Crippen LogP contribution in [-0.2, 0) is 36.4 Å². The maximum atomic E-state index is 14.0. The van der Waals surface area contributed by atoms with Gasteiger partial charge in [0.05, 0.1) is 26.4 Å². The number of benzene rings is 8. The van der Waals surface area contributed by atoms with Crippen molar-refractivity contribution in [1.82, 2.24) is 0 Å². The van der Waals surface area contributed by atoms with Crippen LogP contribution in [-0.4, -0.2) is 26.4 Å². The van der Waals surface area contributed by atoms with Crippen molar-refractivity contribution in [3.63, 3.8) is 0 Å². The molecule has 0 saturated heterocycles. The van der Waals surface area contributed by atoms with Crippen molar-refractivity contribution in [3.8, 4) is 46.0 Å². The highest BCUT2D eigenvalue weighted by Crippen LogP contribution is 2.55. The van der Waals surface area contributed by atoms with Gasteiger partial charge < -0.3 is 36.2 Å². The summed E-state index contributed by atoms with van der Waals surface area (Å²) >= 11 is 0. The molecule has 0 heterocycles. The van der Waals surface area contributed by atoms with Gasteiger partial charge in [0, 0.05) is 0 Å². The van der Waals surface area contributed by atoms with E-state index in [2.05, 4.69) is 0 Å². The van der Waals surface area contributed by atoms with Crippen LogP contribution in [0, 0.1) is 83.1 Å². The van der Waals surface area contributed by atoms with Crippen LogP contribution < -0.4 is 36.2 Å². The molecule has 0 saturated carbocycles. The van der Waals surface area contributed by atoms with Gasteiger partial charge in [-0.25, -0.2) is 18.3 Å². The van der Waals surface area contributed by atoms with Gasteiger partial charge in [-0.1, -0.05) is 142 Å². The van der Waals surface area contributed by atoms with Gasteiger partial charge in [-0.05, 0) is 178 Å². The van der Waals surface area contributed by atoms with Crippen LogP contribution in [0.1, 0.15) is 66.8 Å². The molecule has 20 heteroatoms. The molecule has 0 aliphatic carbocycles. The molecule has 16 nitrogen and oxygen atoms in total. The Balaban J connectivity index is 0.000000242. The molecule has 0 bridgehead atoms. The second-order valence-corrected chi connectivity index (χ2v) is 26.3. The Morgan fingerprint density at radius 1 is 0.226 bits per heavy atom. The zero-order valence-corrected chi connectivity index (χ0v) is 52.9. The number of phosphoric ester groups is 4. The van der Waals surface area contributed by atoms with Crippen LogP contribution in [0.4, 0.5) is 0 Å². The molecule has 0 aromatic heterocycles. The molecule has 8 aromatic carbocycles. The molecular formula is C64H72O16P4. The fourth-order valence-corrected chi connectivity index (χ4v) is 12.9. The first-order valence-electron chi connectivity index (χ1n) is 26.9. The molecule has 0 radical (unpaired) electrons. The quantitative estimate of drug-likeness (QED) is 0.0369. The zero-order chi connectivity index (χ0) is 60.7. The lowest BCUT2D eigenvalue weighted by atomic mass is 10.1. The lowest BCUT2D eigenvalue weighted by Crippen LogP contribution is -2.13. The molecule has 8 aromatic rings. The molecule has 0 amide bonds. The molecule has 0 aliphatic rings. The van der Waals surface area contributed by atoms with E-state index in [0.717, 1.165) is 66.8 Å². The third kappa shape index (κ3) is 20.0. The van der Waals surface area contributed by atoms with Gasteiger partial charge in [0.15, 0.2) is 0 Å². The van der Waals surface area contributed by atoms with Crippen molar-refractivity contribution in [1.29, 1.82) is 0 Å². The molecule has 8 rings (SSSR count). The molecule has 0 spiro atoms. The predicted octanol–water partition coefficient (Wildman–Crippen LogP) is 18.8. The van der Waals surface area contributed by atoms with E-state index in [1.807, 2.05) is 180 Å². The van der Waals surface area contributed by atoms with Crippen LogP contribution >= 0.6 is 31.3 Å². The summed E-state index contributed by atoms with van der Waals surface area (Å²) in [5, 5.41) is 0. The Morgan fingerprint density at radius 2 is 0.393 bits per heavy atom. The molecule has 0 unspecified atom stereocenters. The van der Waals surface area contributed by atoms with Gasteiger partial charge in [0.1, 0.15) is 46.0 Å². The molecular weight excluding hydrogens is 1150 g/mol. The summed E-state index contributed by atoms with van der Waals surface area (Å²) in [7, 11) is -16.8. The normalized spacial score (nSPS) is 11.7. The Labute approximate surface area is 493 Å². The second kappa shape index (κ2) is 29.1. The highest BCUT2D eigenvalue weighted by atomic mass is 31.2. The van der Waals surface area contributed by atoms with Gasteiger partial charge in [0.25, 0.3) is 0 Å². The summed E-state index contributed by atoms with van der Waals surface area (Å²) in [5.41, 5.74) is 11.2. The van der Waals surface area contributed by atoms with E-state index < -0.39 is 31.3 Å². The first-order valence-corrected chi connectivity index (χ1v) is 32.8. The number of rotatable bonds is 26. The van der Waals surface area contributed by atoms with Crippen molar-refractivity contribution >= 4 is 31.3 Å². The summed E-state index contributed by atoms with van der Waals surface area (Å²) in [6.45, 7) is 21.7. The predicted molar refractivity (Wildman–Crippen MR) is 328 cm³/mol. The Morgan fingerprint density at radius 3 is 0.571 bits per heavy atom. The maximum absolute atomic E-state index is 14.0. The standard InChI is InChI=1S/C34H40O8P2.C30H32O8P2/c1-23-9-13-31(27(5)19-23)39-43(35,40-32-14-10-24(2)20-28(32)6)37-17-18-38-44(36,41-33-15-11-25(3)21-29(33)7)42-34-16-12-26(4)22-30(34)8;1-23-5-13-27(14-6-23)35-39(31,36-28-15-7-24(2)8-16-28)33-21-22-34-40(32,37-29-17-9-25(3)10-18-29)38-30-19-11-26(4)12-20-30/h9-16,19-22H,17-18H2,1-8H3;5-20H,21-22H2,1-4H3. The highest BCUT2D eigenvalue weighted by molar-refractivity contribution is 7.50. The molecule has 0 aliphatic heterocycles. The topological polar surface area (TPSA) is 179 Å². The smallest absolute Gasteiger partial charge is 0.395 e. The summed E-state index contributed by atoms with van der Waals surface area (Å²) in [6, 6.07) is 49.7. The first kappa shape index (κ1) is 64.5. The van der Waals surface area contributed by atoms with Crippen molar-refractivity contribution in [3.05, 3.63) is 237 Å². The Kier molecular flexibility index (Phi) is 22.4. The molecule has 0 N–H and O–H groups in total. The van der Waals surface area contributed by atoms with E-state index in [-0.39, 0.29) is 26.4 Å². The minimum Gasteiger partial charge on any atom is -0.395 e. The van der Waals surface area contributed by atoms with Crippen LogP contribution in [0.25, 0.3) is 0 Å². The Hall–Kier alpha value is -7.08. The largest absolute Gasteiger partial charge is 0.587 e. The van der Waals surface area contributed by atoms with Gasteiger partial charge in [-0.15, -0.1) is 0 Å². The second-order valence-electron chi connectivity index (χ2n) is 20.2. The zero-order valence-electron chi connectivity index (χ0n) is 49.3. The number of aryl methyl sites for hydroxylation is 12. The van der Waals surface area contributed by atoms with E-state index in [0.29, 0.717) is 46.0 Å². The fraction of sp³-hybridized carbons (Fsp3) is 0.250. The third-order valence-corrected chi connectivity index (χ3v) is 17.7. The van der Waals surface area contributed by atoms with Gasteiger partial charge in [-0.3, -0.25) is 18.1 Å². The maximum Gasteiger partial charge on any atom is 0.587 e. The summed E-state index contributed by atoms with van der Waals surface area (Å²) in [6.07, 6.45) is 0. The monoisotopic (exact) mass is 1220 g/mol. The van der Waals surface area contributed by atoms with Crippen LogP contribution in [0.2, 0.25) is 0 Å². The number of phosphoric acid groups is 4. The van der Waals surface area contributed by atoms with E-state index in [1.54, 1.807) is 72.8 Å².